The van der Waals surface area contributed by atoms with E-state index in [0.29, 0.717) is 11.0 Å². The zero-order valence-electron chi connectivity index (χ0n) is 9.84. The molecule has 0 amide bonds. The number of nitrogens with zero attached hydrogens (tertiary/aromatic N) is 1. The molecular formula is C14H17NOS. The van der Waals surface area contributed by atoms with Gasteiger partial charge in [-0.1, -0.05) is 43.2 Å². The largest absolute Gasteiger partial charge is 0.259 e. The van der Waals surface area contributed by atoms with Crippen LogP contribution in [0.3, 0.4) is 0 Å². The Morgan fingerprint density at radius 3 is 2.53 bits per heavy atom. The minimum absolute atomic E-state index is 0.224. The third kappa shape index (κ3) is 3.17. The Kier molecular flexibility index (Phi) is 4.33. The van der Waals surface area contributed by atoms with Crippen LogP contribution < -0.4 is 0 Å². The van der Waals surface area contributed by atoms with Crippen molar-refractivity contribution in [1.29, 1.82) is 5.26 Å². The lowest BCUT2D eigenvalue weighted by molar-refractivity contribution is 0.666. The molecular weight excluding hydrogens is 230 g/mol. The van der Waals surface area contributed by atoms with Crippen molar-refractivity contribution in [3.8, 4) is 6.07 Å². The molecule has 0 aromatic heterocycles. The van der Waals surface area contributed by atoms with Gasteiger partial charge in [0.05, 0.1) is 12.0 Å². The smallest absolute Gasteiger partial charge is 0.0827 e. The van der Waals surface area contributed by atoms with E-state index in [0.717, 1.165) is 18.4 Å². The minimum atomic E-state index is -0.848. The molecule has 0 radical (unpaired) electrons. The Morgan fingerprint density at radius 1 is 1.29 bits per heavy atom. The predicted molar refractivity (Wildman–Crippen MR) is 70.1 cm³/mol. The first kappa shape index (κ1) is 12.3. The Balaban J connectivity index is 2.01. The van der Waals surface area contributed by atoms with Crippen LogP contribution in [0, 0.1) is 11.3 Å². The van der Waals surface area contributed by atoms with Gasteiger partial charge in [0.25, 0.3) is 0 Å². The van der Waals surface area contributed by atoms with E-state index in [1.165, 1.54) is 12.8 Å². The fraction of sp³-hybridized carbons (Fsp3) is 0.500. The predicted octanol–water partition coefficient (Wildman–Crippen LogP) is 2.99. The Labute approximate surface area is 105 Å². The summed E-state index contributed by atoms with van der Waals surface area (Å²) >= 11 is 0. The Bertz CT molecular complexity index is 418. The van der Waals surface area contributed by atoms with Crippen LogP contribution in [0.5, 0.6) is 0 Å². The summed E-state index contributed by atoms with van der Waals surface area (Å²) in [5, 5.41) is 9.52. The molecule has 1 aliphatic carbocycles. The maximum absolute atomic E-state index is 12.1. The molecule has 1 saturated carbocycles. The molecule has 1 fully saturated rings. The highest BCUT2D eigenvalue weighted by Gasteiger charge is 2.24. The van der Waals surface area contributed by atoms with Crippen molar-refractivity contribution >= 4 is 10.8 Å². The average Bonchev–Trinajstić information content (AvgIpc) is 2.90. The van der Waals surface area contributed by atoms with Gasteiger partial charge in [-0.3, -0.25) is 4.21 Å². The normalized spacial score (nSPS) is 19.7. The summed E-state index contributed by atoms with van der Waals surface area (Å²) in [5.41, 5.74) is 0.987. The highest BCUT2D eigenvalue weighted by molar-refractivity contribution is 7.85. The monoisotopic (exact) mass is 247 g/mol. The third-order valence-electron chi connectivity index (χ3n) is 3.36. The van der Waals surface area contributed by atoms with E-state index in [4.69, 9.17) is 0 Å². The van der Waals surface area contributed by atoms with Crippen molar-refractivity contribution in [2.45, 2.75) is 36.9 Å². The van der Waals surface area contributed by atoms with Crippen molar-refractivity contribution in [3.05, 3.63) is 35.9 Å². The van der Waals surface area contributed by atoms with Gasteiger partial charge in [0.1, 0.15) is 0 Å². The molecule has 0 aliphatic heterocycles. The van der Waals surface area contributed by atoms with E-state index < -0.39 is 10.8 Å². The SMILES string of the molecule is N#CC(CS(=O)C1CCCC1)c1ccccc1. The van der Waals surface area contributed by atoms with Gasteiger partial charge in [-0.2, -0.15) is 5.26 Å². The molecule has 2 unspecified atom stereocenters. The Morgan fingerprint density at radius 2 is 1.94 bits per heavy atom. The molecule has 1 aromatic rings. The Hall–Kier alpha value is -1.14. The van der Waals surface area contributed by atoms with Crippen LogP contribution in [0.15, 0.2) is 30.3 Å². The topological polar surface area (TPSA) is 40.9 Å². The number of hydrogen-bond donors (Lipinski definition) is 0. The van der Waals surface area contributed by atoms with Crippen molar-refractivity contribution in [2.75, 3.05) is 5.75 Å². The van der Waals surface area contributed by atoms with E-state index in [2.05, 4.69) is 6.07 Å². The number of rotatable bonds is 4. The van der Waals surface area contributed by atoms with Crippen LogP contribution in [0.2, 0.25) is 0 Å². The first-order valence-electron chi connectivity index (χ1n) is 6.13. The fourth-order valence-electron chi connectivity index (χ4n) is 2.34. The summed E-state index contributed by atoms with van der Waals surface area (Å²) in [4.78, 5) is 0. The zero-order chi connectivity index (χ0) is 12.1. The second-order valence-electron chi connectivity index (χ2n) is 4.55. The summed E-state index contributed by atoms with van der Waals surface area (Å²) in [6, 6.07) is 12.0. The summed E-state index contributed by atoms with van der Waals surface area (Å²) in [5.74, 6) is 0.267. The lowest BCUT2D eigenvalue weighted by atomic mass is 10.0. The van der Waals surface area contributed by atoms with Crippen LogP contribution in [0.25, 0.3) is 0 Å². The molecule has 2 nitrogen and oxygen atoms in total. The molecule has 0 saturated heterocycles. The third-order valence-corrected chi connectivity index (χ3v) is 5.24. The minimum Gasteiger partial charge on any atom is -0.259 e. The maximum atomic E-state index is 12.1. The van der Waals surface area contributed by atoms with Gasteiger partial charge in [-0.15, -0.1) is 0 Å². The van der Waals surface area contributed by atoms with E-state index in [1.54, 1.807) is 0 Å². The second kappa shape index (κ2) is 5.97. The standard InChI is InChI=1S/C14H17NOS/c15-10-13(12-6-2-1-3-7-12)11-17(16)14-8-4-5-9-14/h1-3,6-7,13-14H,4-5,8-9,11H2. The summed E-state index contributed by atoms with van der Waals surface area (Å²) in [6.07, 6.45) is 4.52. The zero-order valence-corrected chi connectivity index (χ0v) is 10.7. The van der Waals surface area contributed by atoms with Crippen molar-refractivity contribution < 1.29 is 4.21 Å². The van der Waals surface area contributed by atoms with Crippen LogP contribution in [0.4, 0.5) is 0 Å². The number of benzene rings is 1. The van der Waals surface area contributed by atoms with Gasteiger partial charge in [0.2, 0.25) is 0 Å². The number of nitriles is 1. The molecule has 0 heterocycles. The molecule has 90 valence electrons. The maximum Gasteiger partial charge on any atom is 0.0827 e. The van der Waals surface area contributed by atoms with Crippen molar-refractivity contribution in [3.63, 3.8) is 0 Å². The molecule has 1 aromatic carbocycles. The second-order valence-corrected chi connectivity index (χ2v) is 6.31. The van der Waals surface area contributed by atoms with Crippen LogP contribution >= 0.6 is 0 Å². The molecule has 3 heteroatoms. The van der Waals surface area contributed by atoms with Gasteiger partial charge in [0.15, 0.2) is 0 Å². The molecule has 17 heavy (non-hydrogen) atoms. The van der Waals surface area contributed by atoms with Crippen molar-refractivity contribution in [1.82, 2.24) is 0 Å². The van der Waals surface area contributed by atoms with Crippen molar-refractivity contribution in [2.24, 2.45) is 0 Å². The van der Waals surface area contributed by atoms with E-state index in [9.17, 15) is 9.47 Å². The summed E-state index contributed by atoms with van der Waals surface area (Å²) < 4.78 is 12.1. The molecule has 0 spiro atoms. The van der Waals surface area contributed by atoms with Crippen LogP contribution in [0.1, 0.15) is 37.2 Å². The number of hydrogen-bond acceptors (Lipinski definition) is 2. The molecule has 2 rings (SSSR count). The quantitative estimate of drug-likeness (QED) is 0.820. The van der Waals surface area contributed by atoms with E-state index in [1.807, 2.05) is 30.3 Å². The van der Waals surface area contributed by atoms with Crippen LogP contribution in [-0.2, 0) is 10.8 Å². The fourth-order valence-corrected chi connectivity index (χ4v) is 4.07. The molecule has 0 bridgehead atoms. The van der Waals surface area contributed by atoms with Crippen LogP contribution in [-0.4, -0.2) is 15.2 Å². The van der Waals surface area contributed by atoms with Gasteiger partial charge in [-0.05, 0) is 18.4 Å². The molecule has 1 aliphatic rings. The molecule has 2 atom stereocenters. The highest BCUT2D eigenvalue weighted by atomic mass is 32.2. The van der Waals surface area contributed by atoms with E-state index >= 15 is 0 Å². The lowest BCUT2D eigenvalue weighted by Crippen LogP contribution is -2.18. The summed E-state index contributed by atoms with van der Waals surface area (Å²) in [6.45, 7) is 0. The summed E-state index contributed by atoms with van der Waals surface area (Å²) in [7, 11) is -0.848. The van der Waals surface area contributed by atoms with Gasteiger partial charge in [0, 0.05) is 21.8 Å². The van der Waals surface area contributed by atoms with Gasteiger partial charge < -0.3 is 0 Å². The molecule has 0 N–H and O–H groups in total. The van der Waals surface area contributed by atoms with Gasteiger partial charge >= 0.3 is 0 Å². The average molecular weight is 247 g/mol. The lowest BCUT2D eigenvalue weighted by Gasteiger charge is -2.13. The highest BCUT2D eigenvalue weighted by Crippen LogP contribution is 2.26. The first-order chi connectivity index (χ1) is 8.31. The first-order valence-corrected chi connectivity index (χ1v) is 7.51. The van der Waals surface area contributed by atoms with E-state index in [-0.39, 0.29) is 5.92 Å². The van der Waals surface area contributed by atoms with Gasteiger partial charge in [-0.25, -0.2) is 0 Å².